The third-order valence-corrected chi connectivity index (χ3v) is 5.88. The Balaban J connectivity index is 1.47. The normalized spacial score (nSPS) is 16.3. The van der Waals surface area contributed by atoms with Crippen LogP contribution in [0.2, 0.25) is 0 Å². The van der Waals surface area contributed by atoms with Gasteiger partial charge in [0.2, 0.25) is 0 Å². The molecule has 2 aliphatic heterocycles. The minimum atomic E-state index is -0.252. The van der Waals surface area contributed by atoms with Crippen molar-refractivity contribution in [2.24, 2.45) is 0 Å². The molecule has 0 unspecified atom stereocenters. The number of likely N-dealkylation sites (tertiary alicyclic amines) is 1. The molecule has 148 valence electrons. The third-order valence-electron chi connectivity index (χ3n) is 5.88. The second-order valence-electron chi connectivity index (χ2n) is 7.77. The summed E-state index contributed by atoms with van der Waals surface area (Å²) >= 11 is 0. The van der Waals surface area contributed by atoms with Crippen LogP contribution in [-0.4, -0.2) is 50.0 Å². The highest BCUT2D eigenvalue weighted by atomic mass is 16.3. The number of hydrogen-bond acceptors (Lipinski definition) is 4. The fourth-order valence-corrected chi connectivity index (χ4v) is 4.28. The predicted octanol–water partition coefficient (Wildman–Crippen LogP) is 3.05. The van der Waals surface area contributed by atoms with E-state index < -0.39 is 0 Å². The molecule has 3 aromatic rings. The van der Waals surface area contributed by atoms with Crippen LogP contribution in [0.1, 0.15) is 51.2 Å². The number of carbonyl (C=O) groups is 2. The number of amides is 2. The summed E-state index contributed by atoms with van der Waals surface area (Å²) < 4.78 is 0. The molecule has 7 heteroatoms. The maximum atomic E-state index is 13.1. The smallest absolute Gasteiger partial charge is 0.274 e. The zero-order valence-corrected chi connectivity index (χ0v) is 16.0. The molecule has 2 amide bonds. The lowest BCUT2D eigenvalue weighted by Crippen LogP contribution is -2.35. The third kappa shape index (κ3) is 3.03. The average Bonchev–Trinajstić information content (AvgIpc) is 3.36. The lowest BCUT2D eigenvalue weighted by Gasteiger charge is -2.26. The molecular weight excluding hydrogens is 368 g/mol. The number of rotatable bonds is 2. The quantitative estimate of drug-likeness (QED) is 0.704. The van der Waals surface area contributed by atoms with Crippen LogP contribution in [0.25, 0.3) is 10.9 Å². The van der Waals surface area contributed by atoms with E-state index in [4.69, 9.17) is 0 Å². The molecule has 2 N–H and O–H groups in total. The molecule has 0 atom stereocenters. The molecule has 5 rings (SSSR count). The highest BCUT2D eigenvalue weighted by Crippen LogP contribution is 2.31. The number of benzene rings is 2. The maximum Gasteiger partial charge on any atom is 0.274 e. The summed E-state index contributed by atoms with van der Waals surface area (Å²) in [5, 5.41) is 18.0. The summed E-state index contributed by atoms with van der Waals surface area (Å²) in [4.78, 5) is 29.6. The van der Waals surface area contributed by atoms with Crippen LogP contribution in [0.5, 0.6) is 5.75 Å². The number of H-pyrrole nitrogens is 1. The van der Waals surface area contributed by atoms with Crippen LogP contribution in [0.15, 0.2) is 36.4 Å². The zero-order valence-electron chi connectivity index (χ0n) is 16.0. The number of piperidine rings is 1. The van der Waals surface area contributed by atoms with Gasteiger partial charge >= 0.3 is 0 Å². The number of nitrogens with one attached hydrogen (secondary N) is 1. The summed E-state index contributed by atoms with van der Waals surface area (Å²) in [5.41, 5.74) is 3.28. The van der Waals surface area contributed by atoms with Crippen molar-refractivity contribution >= 4 is 22.7 Å². The summed E-state index contributed by atoms with van der Waals surface area (Å²) in [6.07, 6.45) is 3.12. The van der Waals surface area contributed by atoms with E-state index >= 15 is 0 Å². The van der Waals surface area contributed by atoms with Crippen molar-refractivity contribution in [1.29, 1.82) is 0 Å². The largest absolute Gasteiger partial charge is 0.507 e. The monoisotopic (exact) mass is 390 g/mol. The number of aromatic hydroxyl groups is 1. The first-order chi connectivity index (χ1) is 14.1. The van der Waals surface area contributed by atoms with Crippen LogP contribution >= 0.6 is 0 Å². The Morgan fingerprint density at radius 3 is 2.31 bits per heavy atom. The van der Waals surface area contributed by atoms with Crippen molar-refractivity contribution in [3.63, 3.8) is 0 Å². The van der Waals surface area contributed by atoms with Crippen LogP contribution in [0.4, 0.5) is 0 Å². The van der Waals surface area contributed by atoms with E-state index in [1.54, 1.807) is 11.0 Å². The van der Waals surface area contributed by atoms with Crippen molar-refractivity contribution < 1.29 is 14.7 Å². The van der Waals surface area contributed by atoms with Crippen LogP contribution in [0, 0.1) is 0 Å². The Hall–Kier alpha value is -3.35. The second kappa shape index (κ2) is 6.92. The van der Waals surface area contributed by atoms with E-state index in [1.165, 1.54) is 6.07 Å². The van der Waals surface area contributed by atoms with Crippen molar-refractivity contribution in [2.45, 2.75) is 32.4 Å². The number of phenols is 1. The molecule has 1 fully saturated rings. The Bertz CT molecular complexity index is 1090. The molecule has 0 aliphatic carbocycles. The van der Waals surface area contributed by atoms with Gasteiger partial charge in [0.05, 0.1) is 11.1 Å². The van der Waals surface area contributed by atoms with E-state index in [-0.39, 0.29) is 23.1 Å². The Kier molecular flexibility index (Phi) is 4.23. The Morgan fingerprint density at radius 2 is 1.62 bits per heavy atom. The molecule has 2 aliphatic rings. The molecule has 29 heavy (non-hydrogen) atoms. The van der Waals surface area contributed by atoms with E-state index in [1.807, 2.05) is 29.2 Å². The van der Waals surface area contributed by atoms with Crippen LogP contribution in [0.3, 0.4) is 0 Å². The second-order valence-corrected chi connectivity index (χ2v) is 7.77. The van der Waals surface area contributed by atoms with E-state index in [2.05, 4.69) is 10.2 Å². The minimum Gasteiger partial charge on any atom is -0.507 e. The van der Waals surface area contributed by atoms with Gasteiger partial charge in [-0.15, -0.1) is 0 Å². The van der Waals surface area contributed by atoms with Crippen molar-refractivity contribution in [1.82, 2.24) is 20.0 Å². The van der Waals surface area contributed by atoms with Gasteiger partial charge in [0.25, 0.3) is 11.8 Å². The zero-order chi connectivity index (χ0) is 20.0. The van der Waals surface area contributed by atoms with E-state index in [0.29, 0.717) is 29.7 Å². The number of fused-ring (bicyclic) bond motifs is 2. The summed E-state index contributed by atoms with van der Waals surface area (Å²) in [5.74, 6) is -0.495. The van der Waals surface area contributed by atoms with Gasteiger partial charge in [0.15, 0.2) is 5.69 Å². The van der Waals surface area contributed by atoms with Gasteiger partial charge < -0.3 is 14.9 Å². The fraction of sp³-hybridized carbons (Fsp3) is 0.318. The van der Waals surface area contributed by atoms with Gasteiger partial charge in [-0.3, -0.25) is 14.7 Å². The minimum absolute atomic E-state index is 0.112. The van der Waals surface area contributed by atoms with Gasteiger partial charge in [-0.1, -0.05) is 24.3 Å². The van der Waals surface area contributed by atoms with Crippen LogP contribution < -0.4 is 0 Å². The van der Waals surface area contributed by atoms with Gasteiger partial charge in [0, 0.05) is 37.6 Å². The summed E-state index contributed by atoms with van der Waals surface area (Å²) in [6, 6.07) is 11.0. The van der Waals surface area contributed by atoms with Gasteiger partial charge in [0.1, 0.15) is 5.75 Å². The molecule has 3 heterocycles. The summed E-state index contributed by atoms with van der Waals surface area (Å²) in [6.45, 7) is 2.47. The highest BCUT2D eigenvalue weighted by molar-refractivity contribution is 6.08. The molecule has 1 aromatic heterocycles. The first-order valence-corrected chi connectivity index (χ1v) is 9.98. The SMILES string of the molecule is O=C(c1cc2c(C(=O)N3CCCCC3)n[nH]c2cc1O)N1Cc2ccccc2C1. The molecule has 0 radical (unpaired) electrons. The van der Waals surface area contributed by atoms with Gasteiger partial charge in [-0.2, -0.15) is 5.10 Å². The standard InChI is InChI=1S/C22H22N4O3/c27-19-11-18-16(20(24-23-18)22(29)25-8-4-1-5-9-25)10-17(19)21(28)26-12-14-6-2-3-7-15(14)13-26/h2-3,6-7,10-11,27H,1,4-5,8-9,12-13H2,(H,23,24). The van der Waals surface area contributed by atoms with Crippen molar-refractivity contribution in [2.75, 3.05) is 13.1 Å². The topological polar surface area (TPSA) is 89.5 Å². The van der Waals surface area contributed by atoms with E-state index in [0.717, 1.165) is 43.5 Å². The number of phenolic OH excluding ortho intramolecular Hbond substituents is 1. The van der Waals surface area contributed by atoms with Crippen molar-refractivity contribution in [3.05, 3.63) is 58.8 Å². The van der Waals surface area contributed by atoms with Gasteiger partial charge in [-0.05, 0) is 36.5 Å². The number of aromatic amines is 1. The number of nitrogens with zero attached hydrogens (tertiary/aromatic N) is 3. The first kappa shape index (κ1) is 17.7. The van der Waals surface area contributed by atoms with E-state index in [9.17, 15) is 14.7 Å². The first-order valence-electron chi connectivity index (χ1n) is 9.98. The summed E-state index contributed by atoms with van der Waals surface area (Å²) in [7, 11) is 0. The lowest BCUT2D eigenvalue weighted by molar-refractivity contribution is 0.0717. The Labute approximate surface area is 167 Å². The average molecular weight is 390 g/mol. The molecule has 0 bridgehead atoms. The molecule has 0 saturated carbocycles. The highest BCUT2D eigenvalue weighted by Gasteiger charge is 2.28. The van der Waals surface area contributed by atoms with Crippen molar-refractivity contribution in [3.8, 4) is 5.75 Å². The molecule has 1 saturated heterocycles. The van der Waals surface area contributed by atoms with Gasteiger partial charge in [-0.25, -0.2) is 0 Å². The fourth-order valence-electron chi connectivity index (χ4n) is 4.28. The lowest BCUT2D eigenvalue weighted by atomic mass is 10.1. The number of aromatic nitrogens is 2. The molecular formula is C22H22N4O3. The van der Waals surface area contributed by atoms with Crippen LogP contribution in [-0.2, 0) is 13.1 Å². The molecule has 7 nitrogen and oxygen atoms in total. The maximum absolute atomic E-state index is 13.1. The Morgan fingerprint density at radius 1 is 0.931 bits per heavy atom. The number of hydrogen-bond donors (Lipinski definition) is 2. The number of carbonyl (C=O) groups excluding carboxylic acids is 2. The molecule has 2 aromatic carbocycles. The molecule has 0 spiro atoms. The predicted molar refractivity (Wildman–Crippen MR) is 108 cm³/mol.